The zero-order valence-electron chi connectivity index (χ0n) is 22.5. The summed E-state index contributed by atoms with van der Waals surface area (Å²) in [6.45, 7) is 7.18. The molecule has 1 N–H and O–H groups in total. The zero-order valence-corrected chi connectivity index (χ0v) is 23.3. The molecule has 0 aromatic heterocycles. The second kappa shape index (κ2) is 12.6. The highest BCUT2D eigenvalue weighted by molar-refractivity contribution is 7.92. The number of anilines is 1. The molecular weight excluding hydrogens is 502 g/mol. The van der Waals surface area contributed by atoms with Crippen LogP contribution in [0.1, 0.15) is 30.5 Å². The maximum absolute atomic E-state index is 13.9. The van der Waals surface area contributed by atoms with Gasteiger partial charge < -0.3 is 15.0 Å². The first-order chi connectivity index (χ1) is 18.1. The molecule has 8 nitrogen and oxygen atoms in total. The molecule has 9 heteroatoms. The number of rotatable bonds is 11. The van der Waals surface area contributed by atoms with Gasteiger partial charge in [0.15, 0.2) is 0 Å². The third-order valence-corrected chi connectivity index (χ3v) is 7.97. The number of nitrogens with one attached hydrogen (secondary N) is 1. The molecule has 0 heterocycles. The van der Waals surface area contributed by atoms with Gasteiger partial charge in [0.1, 0.15) is 18.3 Å². The molecule has 2 amide bonds. The predicted molar refractivity (Wildman–Crippen MR) is 149 cm³/mol. The van der Waals surface area contributed by atoms with Crippen LogP contribution < -0.4 is 14.4 Å². The van der Waals surface area contributed by atoms with E-state index in [2.05, 4.69) is 5.32 Å². The molecule has 0 radical (unpaired) electrons. The van der Waals surface area contributed by atoms with Gasteiger partial charge in [0.05, 0.1) is 17.7 Å². The third kappa shape index (κ3) is 6.92. The molecule has 0 spiro atoms. The Balaban J connectivity index is 2.03. The van der Waals surface area contributed by atoms with Crippen molar-refractivity contribution in [3.8, 4) is 5.75 Å². The van der Waals surface area contributed by atoms with E-state index in [-0.39, 0.29) is 17.3 Å². The molecule has 1 atom stereocenters. The molecule has 0 saturated carbocycles. The number of benzene rings is 3. The number of amides is 2. The molecule has 0 fully saturated rings. The van der Waals surface area contributed by atoms with Crippen LogP contribution in [0.5, 0.6) is 5.75 Å². The van der Waals surface area contributed by atoms with Crippen molar-refractivity contribution in [2.75, 3.05) is 24.5 Å². The molecule has 3 aromatic rings. The molecule has 0 aliphatic rings. The number of aryl methyl sites for hydroxylation is 2. The van der Waals surface area contributed by atoms with E-state index in [1.165, 1.54) is 17.0 Å². The standard InChI is InChI=1S/C29H35N3O5S/c1-6-30-29(34)23(4)31(19-24-10-8-12-26(18-24)37-5)28(33)20-32(25-11-7-9-22(3)17-25)38(35,36)27-15-13-21(2)14-16-27/h7-18,23H,6,19-20H2,1-5H3,(H,30,34)/t23-/m0/s1. The van der Waals surface area contributed by atoms with Crippen LogP contribution in [0.3, 0.4) is 0 Å². The Kier molecular flexibility index (Phi) is 9.52. The van der Waals surface area contributed by atoms with E-state index in [0.717, 1.165) is 21.0 Å². The van der Waals surface area contributed by atoms with E-state index in [1.54, 1.807) is 69.5 Å². The van der Waals surface area contributed by atoms with Crippen LogP contribution in [0.15, 0.2) is 77.7 Å². The predicted octanol–water partition coefficient (Wildman–Crippen LogP) is 4.06. The van der Waals surface area contributed by atoms with Gasteiger partial charge in [-0.1, -0.05) is 42.0 Å². The van der Waals surface area contributed by atoms with Crippen molar-refractivity contribution in [3.63, 3.8) is 0 Å². The third-order valence-electron chi connectivity index (χ3n) is 6.18. The highest BCUT2D eigenvalue weighted by atomic mass is 32.2. The molecule has 0 aliphatic heterocycles. The zero-order chi connectivity index (χ0) is 27.9. The molecule has 0 bridgehead atoms. The fourth-order valence-electron chi connectivity index (χ4n) is 4.02. The second-order valence-electron chi connectivity index (χ2n) is 9.11. The topological polar surface area (TPSA) is 96.0 Å². The summed E-state index contributed by atoms with van der Waals surface area (Å²) in [6, 6.07) is 19.8. The van der Waals surface area contributed by atoms with Crippen LogP contribution >= 0.6 is 0 Å². The van der Waals surface area contributed by atoms with Crippen LogP contribution in [-0.4, -0.2) is 51.4 Å². The first-order valence-corrected chi connectivity index (χ1v) is 13.9. The monoisotopic (exact) mass is 537 g/mol. The van der Waals surface area contributed by atoms with Crippen molar-refractivity contribution in [2.24, 2.45) is 0 Å². The fraction of sp³-hybridized carbons (Fsp3) is 0.310. The van der Waals surface area contributed by atoms with Crippen LogP contribution in [0, 0.1) is 13.8 Å². The molecular formula is C29H35N3O5S. The summed E-state index contributed by atoms with van der Waals surface area (Å²) in [6.07, 6.45) is 0. The van der Waals surface area contributed by atoms with Gasteiger partial charge in [-0.3, -0.25) is 13.9 Å². The van der Waals surface area contributed by atoms with Gasteiger partial charge in [-0.25, -0.2) is 8.42 Å². The SMILES string of the molecule is CCNC(=O)[C@H](C)N(Cc1cccc(OC)c1)C(=O)CN(c1cccc(C)c1)S(=O)(=O)c1ccc(C)cc1. The minimum absolute atomic E-state index is 0.0773. The Hall–Kier alpha value is -3.85. The molecule has 3 aromatic carbocycles. The van der Waals surface area contributed by atoms with E-state index >= 15 is 0 Å². The lowest BCUT2D eigenvalue weighted by Gasteiger charge is -2.32. The molecule has 0 saturated heterocycles. The Morgan fingerprint density at radius 3 is 2.26 bits per heavy atom. The minimum atomic E-state index is -4.09. The number of sulfonamides is 1. The van der Waals surface area contributed by atoms with Crippen LogP contribution in [0.25, 0.3) is 0 Å². The Morgan fingerprint density at radius 1 is 0.947 bits per heavy atom. The molecule has 3 rings (SSSR count). The van der Waals surface area contributed by atoms with E-state index in [4.69, 9.17) is 4.74 Å². The maximum Gasteiger partial charge on any atom is 0.264 e. The molecule has 202 valence electrons. The number of methoxy groups -OCH3 is 1. The Bertz CT molecular complexity index is 1370. The lowest BCUT2D eigenvalue weighted by Crippen LogP contribution is -2.51. The van der Waals surface area contributed by atoms with Crippen LogP contribution in [-0.2, 0) is 26.2 Å². The normalized spacial score (nSPS) is 11.9. The highest BCUT2D eigenvalue weighted by Crippen LogP contribution is 2.26. The first kappa shape index (κ1) is 28.7. The Labute approximate surface area is 225 Å². The summed E-state index contributed by atoms with van der Waals surface area (Å²) in [4.78, 5) is 28.1. The van der Waals surface area contributed by atoms with E-state index in [9.17, 15) is 18.0 Å². The van der Waals surface area contributed by atoms with Gasteiger partial charge >= 0.3 is 0 Å². The van der Waals surface area contributed by atoms with E-state index in [1.807, 2.05) is 26.0 Å². The first-order valence-electron chi connectivity index (χ1n) is 12.4. The largest absolute Gasteiger partial charge is 0.497 e. The highest BCUT2D eigenvalue weighted by Gasteiger charge is 2.32. The smallest absolute Gasteiger partial charge is 0.264 e. The minimum Gasteiger partial charge on any atom is -0.497 e. The van der Waals surface area contributed by atoms with Crippen LogP contribution in [0.4, 0.5) is 5.69 Å². The number of nitrogens with zero attached hydrogens (tertiary/aromatic N) is 2. The summed E-state index contributed by atoms with van der Waals surface area (Å²) < 4.78 is 34.1. The molecule has 38 heavy (non-hydrogen) atoms. The van der Waals surface area contributed by atoms with E-state index in [0.29, 0.717) is 18.0 Å². The summed E-state index contributed by atoms with van der Waals surface area (Å²) in [5, 5.41) is 2.75. The van der Waals surface area contributed by atoms with Crippen LogP contribution in [0.2, 0.25) is 0 Å². The van der Waals surface area contributed by atoms with Crippen molar-refractivity contribution in [1.29, 1.82) is 0 Å². The van der Waals surface area contributed by atoms with E-state index < -0.39 is 28.5 Å². The van der Waals surface area contributed by atoms with Gasteiger partial charge in [-0.05, 0) is 75.2 Å². The summed E-state index contributed by atoms with van der Waals surface area (Å²) >= 11 is 0. The van der Waals surface area contributed by atoms with Gasteiger partial charge in [-0.2, -0.15) is 0 Å². The number of hydrogen-bond acceptors (Lipinski definition) is 5. The van der Waals surface area contributed by atoms with Crippen molar-refractivity contribution in [3.05, 3.63) is 89.5 Å². The van der Waals surface area contributed by atoms with Crippen molar-refractivity contribution < 1.29 is 22.7 Å². The lowest BCUT2D eigenvalue weighted by atomic mass is 10.1. The maximum atomic E-state index is 13.9. The fourth-order valence-corrected chi connectivity index (χ4v) is 5.43. The number of carbonyl (C=O) groups excluding carboxylic acids is 2. The lowest BCUT2D eigenvalue weighted by molar-refractivity contribution is -0.139. The summed E-state index contributed by atoms with van der Waals surface area (Å²) in [7, 11) is -2.54. The van der Waals surface area contributed by atoms with Gasteiger partial charge in [-0.15, -0.1) is 0 Å². The van der Waals surface area contributed by atoms with Gasteiger partial charge in [0.2, 0.25) is 11.8 Å². The average molecular weight is 538 g/mol. The van der Waals surface area contributed by atoms with Crippen molar-refractivity contribution >= 4 is 27.5 Å². The second-order valence-corrected chi connectivity index (χ2v) is 11.0. The van der Waals surface area contributed by atoms with Crippen molar-refractivity contribution in [2.45, 2.75) is 45.2 Å². The van der Waals surface area contributed by atoms with Gasteiger partial charge in [0, 0.05) is 13.1 Å². The number of likely N-dealkylation sites (N-methyl/N-ethyl adjacent to an activating group) is 1. The summed E-state index contributed by atoms with van der Waals surface area (Å²) in [5.41, 5.74) is 2.88. The van der Waals surface area contributed by atoms with Crippen molar-refractivity contribution in [1.82, 2.24) is 10.2 Å². The van der Waals surface area contributed by atoms with Gasteiger partial charge in [0.25, 0.3) is 10.0 Å². The number of ether oxygens (including phenoxy) is 1. The molecule has 0 aliphatic carbocycles. The number of carbonyl (C=O) groups is 2. The molecule has 0 unspecified atom stereocenters. The quantitative estimate of drug-likeness (QED) is 0.398. The Morgan fingerprint density at radius 2 is 1.63 bits per heavy atom. The average Bonchev–Trinajstić information content (AvgIpc) is 2.90. The summed E-state index contributed by atoms with van der Waals surface area (Å²) in [5.74, 6) is -0.222. The number of hydrogen-bond donors (Lipinski definition) is 1.